The molecule has 0 aromatic heterocycles. The molecule has 3 aromatic rings. The van der Waals surface area contributed by atoms with Crippen LogP contribution in [-0.4, -0.2) is 16.5 Å². The van der Waals surface area contributed by atoms with Crippen molar-refractivity contribution in [1.29, 1.82) is 0 Å². The summed E-state index contributed by atoms with van der Waals surface area (Å²) in [7, 11) is 0. The van der Waals surface area contributed by atoms with Crippen molar-refractivity contribution < 1.29 is 5.11 Å². The zero-order valence-corrected chi connectivity index (χ0v) is 14.9. The number of nitrogens with zero attached hydrogens (tertiary/aromatic N) is 2. The molecule has 128 valence electrons. The third kappa shape index (κ3) is 3.57. The summed E-state index contributed by atoms with van der Waals surface area (Å²) in [5.41, 5.74) is 2.84. The van der Waals surface area contributed by atoms with Gasteiger partial charge in [0.2, 0.25) is 0 Å². The van der Waals surface area contributed by atoms with Crippen LogP contribution in [0.25, 0.3) is 6.08 Å². The molecule has 1 aliphatic heterocycles. The van der Waals surface area contributed by atoms with Gasteiger partial charge in [0.05, 0.1) is 5.69 Å². The zero-order chi connectivity index (χ0) is 17.8. The molecule has 0 bridgehead atoms. The largest absolute Gasteiger partial charge is 0.368 e. The van der Waals surface area contributed by atoms with Gasteiger partial charge in [-0.25, -0.2) is 4.99 Å². The molecule has 3 nitrogen and oxygen atoms in total. The van der Waals surface area contributed by atoms with Crippen molar-refractivity contribution in [3.8, 4) is 0 Å². The molecule has 0 saturated carbocycles. The molecule has 26 heavy (non-hydrogen) atoms. The summed E-state index contributed by atoms with van der Waals surface area (Å²) >= 11 is 1.50. The molecule has 4 rings (SSSR count). The smallest absolute Gasteiger partial charge is 0.176 e. The van der Waals surface area contributed by atoms with Crippen LogP contribution in [0.4, 0.5) is 11.4 Å². The molecule has 1 aliphatic rings. The van der Waals surface area contributed by atoms with Gasteiger partial charge < -0.3 is 5.11 Å². The Morgan fingerprint density at radius 3 is 2.04 bits per heavy atom. The summed E-state index contributed by atoms with van der Waals surface area (Å²) in [5.74, 6) is 0. The molecule has 1 atom stereocenters. The molecular weight excluding hydrogens is 340 g/mol. The number of hydrogen-bond donors (Lipinski definition) is 1. The van der Waals surface area contributed by atoms with Crippen molar-refractivity contribution in [3.63, 3.8) is 0 Å². The normalized spacial score (nSPS) is 20.0. The van der Waals surface area contributed by atoms with Gasteiger partial charge in [0, 0.05) is 10.6 Å². The van der Waals surface area contributed by atoms with Gasteiger partial charge in [0.15, 0.2) is 11.4 Å². The van der Waals surface area contributed by atoms with Gasteiger partial charge >= 0.3 is 0 Å². The number of aliphatic hydroxyl groups is 1. The lowest BCUT2D eigenvalue weighted by atomic mass is 10.2. The number of hydrogen-bond acceptors (Lipinski definition) is 3. The van der Waals surface area contributed by atoms with E-state index in [0.717, 1.165) is 27.0 Å². The van der Waals surface area contributed by atoms with Crippen LogP contribution in [0.5, 0.6) is 0 Å². The maximum Gasteiger partial charge on any atom is 0.176 e. The van der Waals surface area contributed by atoms with E-state index in [-0.39, 0.29) is 0 Å². The fourth-order valence-electron chi connectivity index (χ4n) is 2.79. The standard InChI is InChI=1S/C22H18N2OS/c25-21-20(16-17-10-4-1-5-11-17)26-22(23-18-12-6-2-7-13-18)24(21)19-14-8-3-9-15-19/h1-16,21,25H/b20-16-,23-22?. The van der Waals surface area contributed by atoms with Crippen molar-refractivity contribution >= 4 is 34.4 Å². The number of benzene rings is 3. The fourth-order valence-corrected chi connectivity index (χ4v) is 3.86. The second-order valence-corrected chi connectivity index (χ2v) is 6.91. The van der Waals surface area contributed by atoms with E-state index in [9.17, 15) is 5.11 Å². The van der Waals surface area contributed by atoms with Gasteiger partial charge in [0.25, 0.3) is 0 Å². The van der Waals surface area contributed by atoms with Gasteiger partial charge in [-0.1, -0.05) is 78.5 Å². The molecule has 1 fully saturated rings. The number of aliphatic imine (C=N–C) groups is 1. The van der Waals surface area contributed by atoms with E-state index in [1.54, 1.807) is 0 Å². The molecular formula is C22H18N2OS. The van der Waals surface area contributed by atoms with Gasteiger partial charge in [-0.2, -0.15) is 0 Å². The molecule has 0 aliphatic carbocycles. The van der Waals surface area contributed by atoms with Gasteiger partial charge in [-0.3, -0.25) is 4.90 Å². The summed E-state index contributed by atoms with van der Waals surface area (Å²) in [4.78, 5) is 7.49. The summed E-state index contributed by atoms with van der Waals surface area (Å²) in [6, 6.07) is 29.7. The predicted molar refractivity (Wildman–Crippen MR) is 110 cm³/mol. The Bertz CT molecular complexity index is 924. The lowest BCUT2D eigenvalue weighted by molar-refractivity contribution is 0.233. The molecule has 0 amide bonds. The Hall–Kier alpha value is -2.82. The first-order chi connectivity index (χ1) is 12.8. The van der Waals surface area contributed by atoms with E-state index < -0.39 is 6.23 Å². The first-order valence-electron chi connectivity index (χ1n) is 8.42. The molecule has 1 saturated heterocycles. The van der Waals surface area contributed by atoms with Crippen molar-refractivity contribution in [2.75, 3.05) is 4.90 Å². The quantitative estimate of drug-likeness (QED) is 0.691. The van der Waals surface area contributed by atoms with Crippen LogP contribution in [0, 0.1) is 0 Å². The SMILES string of the molecule is OC1/C(=C/c2ccccc2)SC(=Nc2ccccc2)N1c1ccccc1. The third-order valence-electron chi connectivity index (χ3n) is 4.04. The van der Waals surface area contributed by atoms with Crippen molar-refractivity contribution in [2.24, 2.45) is 4.99 Å². The highest BCUT2D eigenvalue weighted by atomic mass is 32.2. The van der Waals surface area contributed by atoms with E-state index in [1.165, 1.54) is 11.8 Å². The Morgan fingerprint density at radius 1 is 0.808 bits per heavy atom. The number of aliphatic hydroxyl groups excluding tert-OH is 1. The lowest BCUT2D eigenvalue weighted by Crippen LogP contribution is -2.32. The number of anilines is 1. The van der Waals surface area contributed by atoms with E-state index in [1.807, 2.05) is 102 Å². The maximum atomic E-state index is 11.0. The van der Waals surface area contributed by atoms with Gasteiger partial charge in [0.1, 0.15) is 0 Å². The Kier molecular flexibility index (Phi) is 4.86. The minimum atomic E-state index is -0.759. The van der Waals surface area contributed by atoms with E-state index in [0.29, 0.717) is 0 Å². The van der Waals surface area contributed by atoms with E-state index >= 15 is 0 Å². The first kappa shape index (κ1) is 16.6. The average molecular weight is 358 g/mol. The van der Waals surface area contributed by atoms with Crippen LogP contribution in [0.15, 0.2) is 101 Å². The second-order valence-electron chi connectivity index (χ2n) is 5.87. The predicted octanol–water partition coefficient (Wildman–Crippen LogP) is 5.29. The van der Waals surface area contributed by atoms with Crippen LogP contribution in [-0.2, 0) is 0 Å². The Morgan fingerprint density at radius 2 is 1.38 bits per heavy atom. The Balaban J connectivity index is 1.76. The van der Waals surface area contributed by atoms with Crippen LogP contribution >= 0.6 is 11.8 Å². The third-order valence-corrected chi connectivity index (χ3v) is 5.07. The van der Waals surface area contributed by atoms with E-state index in [4.69, 9.17) is 4.99 Å². The molecule has 3 aromatic carbocycles. The fraction of sp³-hybridized carbons (Fsp3) is 0.0455. The van der Waals surface area contributed by atoms with Gasteiger partial charge in [-0.05, 0) is 35.9 Å². The number of thioether (sulfide) groups is 1. The first-order valence-corrected chi connectivity index (χ1v) is 9.23. The highest BCUT2D eigenvalue weighted by Gasteiger charge is 2.34. The van der Waals surface area contributed by atoms with Crippen LogP contribution < -0.4 is 4.90 Å². The molecule has 4 heteroatoms. The van der Waals surface area contributed by atoms with Crippen LogP contribution in [0.1, 0.15) is 5.56 Å². The zero-order valence-electron chi connectivity index (χ0n) is 14.1. The molecule has 0 radical (unpaired) electrons. The highest BCUT2D eigenvalue weighted by Crippen LogP contribution is 2.39. The van der Waals surface area contributed by atoms with Crippen molar-refractivity contribution in [1.82, 2.24) is 0 Å². The number of amidine groups is 1. The van der Waals surface area contributed by atoms with Crippen LogP contribution in [0.2, 0.25) is 0 Å². The minimum absolute atomic E-state index is 0.759. The van der Waals surface area contributed by atoms with Crippen LogP contribution in [0.3, 0.4) is 0 Å². The van der Waals surface area contributed by atoms with E-state index in [2.05, 4.69) is 0 Å². The monoisotopic (exact) mass is 358 g/mol. The summed E-state index contributed by atoms with van der Waals surface area (Å²) in [6.07, 6.45) is 1.25. The van der Waals surface area contributed by atoms with Crippen molar-refractivity contribution in [3.05, 3.63) is 101 Å². The maximum absolute atomic E-state index is 11.0. The second kappa shape index (κ2) is 7.60. The Labute approximate surface area is 157 Å². The summed E-state index contributed by atoms with van der Waals surface area (Å²) in [5, 5.41) is 11.7. The number of rotatable bonds is 3. The highest BCUT2D eigenvalue weighted by molar-refractivity contribution is 8.18. The lowest BCUT2D eigenvalue weighted by Gasteiger charge is -2.22. The van der Waals surface area contributed by atoms with Crippen molar-refractivity contribution in [2.45, 2.75) is 6.23 Å². The molecule has 0 spiro atoms. The molecule has 1 heterocycles. The number of para-hydroxylation sites is 2. The summed E-state index contributed by atoms with van der Waals surface area (Å²) in [6.45, 7) is 0. The molecule has 1 N–H and O–H groups in total. The van der Waals surface area contributed by atoms with Gasteiger partial charge in [-0.15, -0.1) is 0 Å². The topological polar surface area (TPSA) is 35.8 Å². The average Bonchev–Trinajstić information content (AvgIpc) is 2.99. The summed E-state index contributed by atoms with van der Waals surface area (Å²) < 4.78 is 0. The molecule has 1 unspecified atom stereocenters. The minimum Gasteiger partial charge on any atom is -0.368 e.